The highest BCUT2D eigenvalue weighted by molar-refractivity contribution is 6.08. The summed E-state index contributed by atoms with van der Waals surface area (Å²) in [6.45, 7) is 4.66. The maximum absolute atomic E-state index is 5.34. The van der Waals surface area contributed by atoms with Crippen LogP contribution in [-0.2, 0) is 5.41 Å². The summed E-state index contributed by atoms with van der Waals surface area (Å²) in [6, 6.07) is 59.9. The van der Waals surface area contributed by atoms with Gasteiger partial charge in [0.25, 0.3) is 0 Å². The van der Waals surface area contributed by atoms with E-state index in [0.29, 0.717) is 5.95 Å². The first-order chi connectivity index (χ1) is 24.1. The number of anilines is 3. The van der Waals surface area contributed by atoms with Gasteiger partial charge in [0, 0.05) is 27.5 Å². The van der Waals surface area contributed by atoms with Gasteiger partial charge < -0.3 is 4.90 Å². The fourth-order valence-electron chi connectivity index (χ4n) is 7.48. The molecule has 234 valence electrons. The second kappa shape index (κ2) is 11.5. The Morgan fingerprint density at radius 1 is 0.469 bits per heavy atom. The molecule has 0 saturated carbocycles. The molecular formula is C45H34N4. The smallest absolute Gasteiger partial charge is 0.235 e. The second-order valence-electron chi connectivity index (χ2n) is 13.1. The molecule has 0 amide bonds. The number of nitrogens with zero attached hydrogens (tertiary/aromatic N) is 4. The van der Waals surface area contributed by atoms with Gasteiger partial charge in [-0.25, -0.2) is 9.97 Å². The van der Waals surface area contributed by atoms with Crippen molar-refractivity contribution < 1.29 is 0 Å². The van der Waals surface area contributed by atoms with Gasteiger partial charge >= 0.3 is 0 Å². The first-order valence-electron chi connectivity index (χ1n) is 16.8. The van der Waals surface area contributed by atoms with Crippen molar-refractivity contribution in [3.8, 4) is 39.7 Å². The third kappa shape index (κ3) is 4.68. The van der Waals surface area contributed by atoms with Gasteiger partial charge in [-0.2, -0.15) is 0 Å². The van der Waals surface area contributed by atoms with E-state index in [1.165, 1.54) is 22.5 Å². The predicted octanol–water partition coefficient (Wildman–Crippen LogP) is 11.5. The summed E-state index contributed by atoms with van der Waals surface area (Å²) < 4.78 is 2.27. The fraction of sp³-hybridized carbons (Fsp3) is 0.0667. The van der Waals surface area contributed by atoms with Crippen molar-refractivity contribution in [1.82, 2.24) is 14.5 Å². The third-order valence-electron chi connectivity index (χ3n) is 9.81. The first kappa shape index (κ1) is 28.9. The Balaban J connectivity index is 1.42. The second-order valence-corrected chi connectivity index (χ2v) is 13.1. The Hall–Kier alpha value is -6.26. The van der Waals surface area contributed by atoms with Crippen molar-refractivity contribution in [1.29, 1.82) is 0 Å². The van der Waals surface area contributed by atoms with Crippen LogP contribution in [0.5, 0.6) is 0 Å². The lowest BCUT2D eigenvalue weighted by Gasteiger charge is -2.42. The zero-order valence-electron chi connectivity index (χ0n) is 27.5. The maximum Gasteiger partial charge on any atom is 0.235 e. The van der Waals surface area contributed by atoms with E-state index in [1.807, 2.05) is 12.1 Å². The summed E-state index contributed by atoms with van der Waals surface area (Å²) in [7, 11) is 0. The summed E-state index contributed by atoms with van der Waals surface area (Å²) in [5.74, 6) is 0.625. The van der Waals surface area contributed by atoms with Crippen molar-refractivity contribution in [2.45, 2.75) is 19.3 Å². The molecule has 0 unspecified atom stereocenters. The Bertz CT molecular complexity index is 2360. The van der Waals surface area contributed by atoms with Gasteiger partial charge in [0.1, 0.15) is 0 Å². The average Bonchev–Trinajstić information content (AvgIpc) is 3.51. The van der Waals surface area contributed by atoms with Crippen LogP contribution in [0, 0.1) is 0 Å². The third-order valence-corrected chi connectivity index (χ3v) is 9.81. The first-order valence-corrected chi connectivity index (χ1v) is 16.8. The van der Waals surface area contributed by atoms with Gasteiger partial charge in [-0.15, -0.1) is 0 Å². The van der Waals surface area contributed by atoms with Crippen LogP contribution in [0.4, 0.5) is 17.1 Å². The molecule has 0 aliphatic carbocycles. The zero-order valence-corrected chi connectivity index (χ0v) is 27.5. The van der Waals surface area contributed by atoms with Gasteiger partial charge in [0.05, 0.1) is 39.7 Å². The molecule has 4 heteroatoms. The summed E-state index contributed by atoms with van der Waals surface area (Å²) in [5, 5.41) is 1.13. The van der Waals surface area contributed by atoms with E-state index < -0.39 is 0 Å². The molecule has 49 heavy (non-hydrogen) atoms. The van der Waals surface area contributed by atoms with Crippen LogP contribution in [0.25, 0.3) is 50.6 Å². The minimum absolute atomic E-state index is 0.174. The summed E-state index contributed by atoms with van der Waals surface area (Å²) in [5.41, 5.74) is 12.9. The molecule has 0 N–H and O–H groups in total. The zero-order chi connectivity index (χ0) is 33.0. The Morgan fingerprint density at radius 2 is 0.918 bits per heavy atom. The van der Waals surface area contributed by atoms with Gasteiger partial charge in [0.15, 0.2) is 0 Å². The van der Waals surface area contributed by atoms with Crippen molar-refractivity contribution in [3.63, 3.8) is 0 Å². The van der Waals surface area contributed by atoms with Gasteiger partial charge in [-0.3, -0.25) is 4.57 Å². The maximum atomic E-state index is 5.34. The Kier molecular flexibility index (Phi) is 6.77. The Labute approximate surface area is 286 Å². The average molecular weight is 631 g/mol. The number of aromatic nitrogens is 3. The molecule has 1 aliphatic rings. The molecule has 0 fully saturated rings. The summed E-state index contributed by atoms with van der Waals surface area (Å²) in [6.07, 6.45) is 0. The lowest BCUT2D eigenvalue weighted by atomic mass is 9.73. The largest absolute Gasteiger partial charge is 0.307 e. The molecule has 4 nitrogen and oxygen atoms in total. The van der Waals surface area contributed by atoms with Crippen molar-refractivity contribution in [2.24, 2.45) is 0 Å². The normalized spacial score (nSPS) is 13.2. The molecule has 2 aromatic heterocycles. The van der Waals surface area contributed by atoms with Crippen molar-refractivity contribution >= 4 is 28.0 Å². The van der Waals surface area contributed by atoms with Crippen molar-refractivity contribution in [2.75, 3.05) is 4.90 Å². The predicted molar refractivity (Wildman–Crippen MR) is 202 cm³/mol. The van der Waals surface area contributed by atoms with E-state index in [1.54, 1.807) is 0 Å². The topological polar surface area (TPSA) is 34.0 Å². The number of benzene rings is 6. The molecule has 0 bridgehead atoms. The van der Waals surface area contributed by atoms with E-state index in [0.717, 1.165) is 50.4 Å². The number of hydrogen-bond acceptors (Lipinski definition) is 3. The van der Waals surface area contributed by atoms with Crippen LogP contribution in [0.15, 0.2) is 170 Å². The molecule has 1 aliphatic heterocycles. The van der Waals surface area contributed by atoms with E-state index in [2.05, 4.69) is 181 Å². The van der Waals surface area contributed by atoms with Gasteiger partial charge in [-0.05, 0) is 35.4 Å². The number of hydrogen-bond donors (Lipinski definition) is 0. The van der Waals surface area contributed by atoms with Crippen LogP contribution in [-0.4, -0.2) is 14.5 Å². The highest BCUT2D eigenvalue weighted by atomic mass is 15.2. The fourth-order valence-corrected chi connectivity index (χ4v) is 7.48. The van der Waals surface area contributed by atoms with Crippen LogP contribution in [0.1, 0.15) is 25.0 Å². The highest BCUT2D eigenvalue weighted by Crippen LogP contribution is 2.55. The van der Waals surface area contributed by atoms with Gasteiger partial charge in [-0.1, -0.05) is 159 Å². The SMILES string of the molecule is CC1(C)c2ccccc2N(c2c(-c3ccccc3)n(-c3nc(-c4ccccc4)cc(-c4ccccc4)n3)c3ccccc23)c2ccccc21. The molecule has 0 atom stereocenters. The van der Waals surface area contributed by atoms with E-state index in [-0.39, 0.29) is 5.41 Å². The standard InChI is InChI=1S/C45H34N4/c1-45(2)35-25-13-16-28-40(35)48(41-29-17-14-26-36(41)45)43-34-24-12-15-27-39(34)49(42(43)33-22-10-5-11-23-33)44-46-37(31-18-6-3-7-19-31)30-38(47-44)32-20-8-4-9-21-32/h3-30H,1-2H3. The molecule has 8 aromatic rings. The number of rotatable bonds is 5. The van der Waals surface area contributed by atoms with Crippen LogP contribution < -0.4 is 4.90 Å². The monoisotopic (exact) mass is 630 g/mol. The minimum atomic E-state index is -0.174. The number of para-hydroxylation sites is 3. The summed E-state index contributed by atoms with van der Waals surface area (Å²) in [4.78, 5) is 13.1. The molecule has 0 saturated heterocycles. The minimum Gasteiger partial charge on any atom is -0.307 e. The summed E-state index contributed by atoms with van der Waals surface area (Å²) >= 11 is 0. The molecule has 9 rings (SSSR count). The van der Waals surface area contributed by atoms with Crippen molar-refractivity contribution in [3.05, 3.63) is 181 Å². The van der Waals surface area contributed by atoms with Gasteiger partial charge in [0.2, 0.25) is 5.95 Å². The van der Waals surface area contributed by atoms with Crippen LogP contribution in [0.2, 0.25) is 0 Å². The van der Waals surface area contributed by atoms with E-state index in [4.69, 9.17) is 9.97 Å². The van der Waals surface area contributed by atoms with Crippen LogP contribution >= 0.6 is 0 Å². The quantitative estimate of drug-likeness (QED) is 0.190. The van der Waals surface area contributed by atoms with E-state index in [9.17, 15) is 0 Å². The highest BCUT2D eigenvalue weighted by Gasteiger charge is 2.39. The molecule has 0 spiro atoms. The van der Waals surface area contributed by atoms with Crippen LogP contribution in [0.3, 0.4) is 0 Å². The Morgan fingerprint density at radius 3 is 1.47 bits per heavy atom. The molecule has 3 heterocycles. The molecule has 0 radical (unpaired) electrons. The number of fused-ring (bicyclic) bond motifs is 3. The molecular weight excluding hydrogens is 597 g/mol. The van der Waals surface area contributed by atoms with E-state index >= 15 is 0 Å². The lowest BCUT2D eigenvalue weighted by molar-refractivity contribution is 0.632. The molecule has 6 aromatic carbocycles. The lowest BCUT2D eigenvalue weighted by Crippen LogP contribution is -2.30.